The van der Waals surface area contributed by atoms with Crippen LogP contribution < -0.4 is 16.1 Å². The quantitative estimate of drug-likeness (QED) is 0.433. The largest absolute Gasteiger partial charge is 0.368 e. The van der Waals surface area contributed by atoms with Crippen molar-refractivity contribution < 1.29 is 9.59 Å². The maximum absolute atomic E-state index is 12.7. The molecule has 0 saturated carbocycles. The summed E-state index contributed by atoms with van der Waals surface area (Å²) >= 11 is 2.84. The molecule has 1 aliphatic heterocycles. The van der Waals surface area contributed by atoms with Crippen molar-refractivity contribution in [2.75, 3.05) is 10.3 Å². The molecule has 0 saturated heterocycles. The predicted molar refractivity (Wildman–Crippen MR) is 118 cm³/mol. The molecule has 0 radical (unpaired) electrons. The van der Waals surface area contributed by atoms with Crippen LogP contribution in [0.4, 0.5) is 10.8 Å². The molecule has 8 nitrogen and oxygen atoms in total. The van der Waals surface area contributed by atoms with Gasteiger partial charge < -0.3 is 5.73 Å². The number of carbonyl (C=O) groups excluding carboxylic acids is 2. The van der Waals surface area contributed by atoms with Crippen LogP contribution in [0.3, 0.4) is 0 Å². The topological polar surface area (TPSA) is 114 Å². The van der Waals surface area contributed by atoms with E-state index in [2.05, 4.69) is 20.6 Å². The van der Waals surface area contributed by atoms with Crippen molar-refractivity contribution in [1.82, 2.24) is 10.2 Å². The third kappa shape index (κ3) is 4.66. The van der Waals surface area contributed by atoms with E-state index in [1.807, 2.05) is 48.5 Å². The number of hydrogen-bond acceptors (Lipinski definition) is 8. The van der Waals surface area contributed by atoms with Gasteiger partial charge in [0.25, 0.3) is 5.91 Å². The Kier molecular flexibility index (Phi) is 6.05. The van der Waals surface area contributed by atoms with Crippen molar-refractivity contribution in [2.45, 2.75) is 22.6 Å². The molecular weight excluding hydrogens is 420 g/mol. The fourth-order valence-corrected chi connectivity index (χ4v) is 4.60. The van der Waals surface area contributed by atoms with E-state index in [-0.39, 0.29) is 12.1 Å². The summed E-state index contributed by atoms with van der Waals surface area (Å²) in [6.45, 7) is 0. The maximum Gasteiger partial charge on any atom is 0.273 e. The number of thioether (sulfide) groups is 1. The molecule has 3 N–H and O–H groups in total. The number of amides is 2. The minimum Gasteiger partial charge on any atom is -0.368 e. The van der Waals surface area contributed by atoms with Gasteiger partial charge in [0.15, 0.2) is 4.34 Å². The van der Waals surface area contributed by atoms with Gasteiger partial charge in [-0.25, -0.2) is 0 Å². The molecule has 152 valence electrons. The van der Waals surface area contributed by atoms with Crippen molar-refractivity contribution in [2.24, 2.45) is 10.8 Å². The lowest BCUT2D eigenvalue weighted by atomic mass is 10.1. The number of hydrogen-bond donors (Lipinski definition) is 2. The van der Waals surface area contributed by atoms with Crippen LogP contribution in [0.2, 0.25) is 0 Å². The van der Waals surface area contributed by atoms with Crippen LogP contribution in [0, 0.1) is 0 Å². The molecule has 1 atom stereocenters. The van der Waals surface area contributed by atoms with E-state index in [0.717, 1.165) is 10.1 Å². The Hall–Kier alpha value is -3.24. The van der Waals surface area contributed by atoms with Gasteiger partial charge in [-0.3, -0.25) is 19.9 Å². The number of nitrogens with two attached hydrogens (primary N) is 1. The van der Waals surface area contributed by atoms with Gasteiger partial charge in [0, 0.05) is 12.2 Å². The highest BCUT2D eigenvalue weighted by Crippen LogP contribution is 2.29. The van der Waals surface area contributed by atoms with Crippen LogP contribution >= 0.6 is 23.1 Å². The molecular formula is C20H18N6O2S2. The fraction of sp³-hybridized carbons (Fsp3) is 0.150. The molecule has 0 spiro atoms. The van der Waals surface area contributed by atoms with Gasteiger partial charge in [0.1, 0.15) is 11.8 Å². The van der Waals surface area contributed by atoms with Crippen LogP contribution in [-0.2, 0) is 15.3 Å². The van der Waals surface area contributed by atoms with Crippen LogP contribution in [0.25, 0.3) is 0 Å². The Morgan fingerprint density at radius 2 is 1.80 bits per heavy atom. The second-order valence-corrected chi connectivity index (χ2v) is 8.65. The van der Waals surface area contributed by atoms with Gasteiger partial charge >= 0.3 is 0 Å². The minimum absolute atomic E-state index is 0.129. The minimum atomic E-state index is -0.709. The highest BCUT2D eigenvalue weighted by atomic mass is 32.2. The first-order valence-corrected chi connectivity index (χ1v) is 10.9. The second kappa shape index (κ2) is 9.06. The summed E-state index contributed by atoms with van der Waals surface area (Å²) in [6.07, 6.45) is 0.129. The number of nitrogens with one attached hydrogen (secondary N) is 1. The van der Waals surface area contributed by atoms with Gasteiger partial charge in [-0.2, -0.15) is 5.10 Å². The molecule has 3 aromatic rings. The molecule has 0 fully saturated rings. The first-order valence-electron chi connectivity index (χ1n) is 9.13. The van der Waals surface area contributed by atoms with Crippen molar-refractivity contribution in [3.05, 3.63) is 66.2 Å². The zero-order chi connectivity index (χ0) is 20.9. The van der Waals surface area contributed by atoms with Crippen LogP contribution in [0.5, 0.6) is 0 Å². The first kappa shape index (κ1) is 20.0. The van der Waals surface area contributed by atoms with Crippen molar-refractivity contribution in [3.63, 3.8) is 0 Å². The van der Waals surface area contributed by atoms with Gasteiger partial charge in [0.05, 0.1) is 5.69 Å². The van der Waals surface area contributed by atoms with E-state index in [4.69, 9.17) is 5.73 Å². The predicted octanol–water partition coefficient (Wildman–Crippen LogP) is 2.89. The van der Waals surface area contributed by atoms with Gasteiger partial charge in [-0.15, -0.1) is 10.2 Å². The lowest BCUT2D eigenvalue weighted by Gasteiger charge is -2.20. The third-order valence-corrected chi connectivity index (χ3v) is 6.40. The maximum atomic E-state index is 12.7. The fourth-order valence-electron chi connectivity index (χ4n) is 2.89. The molecule has 30 heavy (non-hydrogen) atoms. The first-order chi connectivity index (χ1) is 14.6. The average molecular weight is 439 g/mol. The van der Waals surface area contributed by atoms with E-state index in [9.17, 15) is 9.59 Å². The Labute approximate surface area is 181 Å². The van der Waals surface area contributed by atoms with Crippen LogP contribution in [-0.4, -0.2) is 33.8 Å². The molecule has 2 heterocycles. The lowest BCUT2D eigenvalue weighted by Crippen LogP contribution is -2.39. The van der Waals surface area contributed by atoms with Gasteiger partial charge in [-0.1, -0.05) is 71.6 Å². The Morgan fingerprint density at radius 3 is 2.50 bits per heavy atom. The van der Waals surface area contributed by atoms with Crippen molar-refractivity contribution in [3.8, 4) is 0 Å². The summed E-state index contributed by atoms with van der Waals surface area (Å²) < 4.78 is 0.753. The number of rotatable bonds is 7. The van der Waals surface area contributed by atoms with E-state index >= 15 is 0 Å². The van der Waals surface area contributed by atoms with Gasteiger partial charge in [-0.05, 0) is 17.7 Å². The normalized spacial score (nSPS) is 15.7. The molecule has 0 bridgehead atoms. The van der Waals surface area contributed by atoms with E-state index in [1.54, 1.807) is 23.9 Å². The Bertz CT molecular complexity index is 1070. The second-order valence-electron chi connectivity index (χ2n) is 6.45. The zero-order valence-corrected chi connectivity index (χ0v) is 17.4. The number of aromatic nitrogens is 2. The third-order valence-electron chi connectivity index (χ3n) is 4.35. The molecule has 1 aromatic heterocycles. The number of carbonyl (C=O) groups is 2. The summed E-state index contributed by atoms with van der Waals surface area (Å²) in [6, 6.07) is 18.5. The van der Waals surface area contributed by atoms with Crippen LogP contribution in [0.1, 0.15) is 12.0 Å². The van der Waals surface area contributed by atoms with Crippen LogP contribution in [0.15, 0.2) is 70.1 Å². The molecule has 4 rings (SSSR count). The average Bonchev–Trinajstić information content (AvgIpc) is 3.41. The number of hydrazone groups is 1. The number of nitrogens with zero attached hydrogens (tertiary/aromatic N) is 4. The number of primary amides is 1. The van der Waals surface area contributed by atoms with Gasteiger partial charge in [0.2, 0.25) is 11.0 Å². The monoisotopic (exact) mass is 438 g/mol. The zero-order valence-electron chi connectivity index (χ0n) is 15.8. The van der Waals surface area contributed by atoms with E-state index in [1.165, 1.54) is 21.9 Å². The SMILES string of the molecule is NC(=O)C1CC(C(=O)Nc2nnc(SCc3ccccc3)s2)=NN1c1ccccc1. The Balaban J connectivity index is 1.41. The summed E-state index contributed by atoms with van der Waals surface area (Å²) in [5.74, 6) is -0.195. The molecule has 10 heteroatoms. The molecule has 1 aliphatic rings. The van der Waals surface area contributed by atoms with Crippen molar-refractivity contribution >= 4 is 51.4 Å². The summed E-state index contributed by atoms with van der Waals surface area (Å²) in [7, 11) is 0. The molecule has 0 aliphatic carbocycles. The standard InChI is InChI=1S/C20H18N6O2S2/c21-17(27)16-11-15(25-26(16)14-9-5-2-6-10-14)18(28)22-19-23-24-20(30-19)29-12-13-7-3-1-4-8-13/h1-10,16H,11-12H2,(H2,21,27)(H,22,23,28). The molecule has 2 aromatic carbocycles. The summed E-state index contributed by atoms with van der Waals surface area (Å²) in [5.41, 5.74) is 7.61. The summed E-state index contributed by atoms with van der Waals surface area (Å²) in [4.78, 5) is 24.5. The highest BCUT2D eigenvalue weighted by molar-refractivity contribution is 8.00. The Morgan fingerprint density at radius 1 is 1.10 bits per heavy atom. The van der Waals surface area contributed by atoms with Crippen molar-refractivity contribution in [1.29, 1.82) is 0 Å². The summed E-state index contributed by atoms with van der Waals surface area (Å²) in [5, 5.41) is 17.0. The molecule has 1 unspecified atom stereocenters. The lowest BCUT2D eigenvalue weighted by molar-refractivity contribution is -0.119. The smallest absolute Gasteiger partial charge is 0.273 e. The number of anilines is 2. The molecule has 2 amide bonds. The van der Waals surface area contributed by atoms with E-state index < -0.39 is 17.9 Å². The number of benzene rings is 2. The number of para-hydroxylation sites is 1. The van der Waals surface area contributed by atoms with E-state index in [0.29, 0.717) is 10.8 Å². The highest BCUT2D eigenvalue weighted by Gasteiger charge is 2.35.